The summed E-state index contributed by atoms with van der Waals surface area (Å²) in [5.41, 5.74) is 6.95. The van der Waals surface area contributed by atoms with Gasteiger partial charge in [0.15, 0.2) is 0 Å². The molecule has 0 aliphatic carbocycles. The lowest BCUT2D eigenvalue weighted by molar-refractivity contribution is 0.588. The Morgan fingerprint density at radius 3 is 2.53 bits per heavy atom. The Hall–Kier alpha value is -1.27. The van der Waals surface area contributed by atoms with Gasteiger partial charge in [-0.3, -0.25) is 0 Å². The van der Waals surface area contributed by atoms with E-state index in [1.165, 1.54) is 13.1 Å². The second-order valence-corrected chi connectivity index (χ2v) is 5.71. The summed E-state index contributed by atoms with van der Waals surface area (Å²) in [6, 6.07) is 4.97. The van der Waals surface area contributed by atoms with Gasteiger partial charge in [-0.25, -0.2) is 13.1 Å². The van der Waals surface area contributed by atoms with Gasteiger partial charge in [0.1, 0.15) is 4.90 Å². The topological polar surface area (TPSA) is 75.4 Å². The van der Waals surface area contributed by atoms with Crippen molar-refractivity contribution in [3.63, 3.8) is 0 Å². The first-order valence-corrected chi connectivity index (χ1v) is 6.95. The highest BCUT2D eigenvalue weighted by Gasteiger charge is 2.15. The van der Waals surface area contributed by atoms with E-state index in [0.717, 1.165) is 18.7 Å². The molecule has 0 amide bonds. The molecular weight excluding hydrogens is 238 g/mol. The molecular formula is C11H19N3O2S. The van der Waals surface area contributed by atoms with Crippen LogP contribution in [0.1, 0.15) is 13.3 Å². The zero-order valence-electron chi connectivity index (χ0n) is 10.4. The molecule has 5 nitrogen and oxygen atoms in total. The largest absolute Gasteiger partial charge is 0.398 e. The fourth-order valence-electron chi connectivity index (χ4n) is 1.59. The minimum absolute atomic E-state index is 0.119. The average Bonchev–Trinajstić information content (AvgIpc) is 2.29. The number of hydrogen-bond acceptors (Lipinski definition) is 4. The monoisotopic (exact) mass is 257 g/mol. The van der Waals surface area contributed by atoms with Crippen molar-refractivity contribution in [2.24, 2.45) is 0 Å². The summed E-state index contributed by atoms with van der Waals surface area (Å²) >= 11 is 0. The Balaban J connectivity index is 3.11. The van der Waals surface area contributed by atoms with Gasteiger partial charge in [0.05, 0.1) is 5.69 Å². The molecule has 0 heterocycles. The highest BCUT2D eigenvalue weighted by Crippen LogP contribution is 2.24. The molecule has 0 radical (unpaired) electrons. The van der Waals surface area contributed by atoms with E-state index in [9.17, 15) is 8.42 Å². The lowest BCUT2D eigenvalue weighted by atomic mass is 10.2. The van der Waals surface area contributed by atoms with Gasteiger partial charge in [-0.2, -0.15) is 0 Å². The predicted molar refractivity (Wildman–Crippen MR) is 70.7 cm³/mol. The molecule has 0 aromatic heterocycles. The number of hydrogen-bond donors (Lipinski definition) is 2. The molecule has 6 heteroatoms. The van der Waals surface area contributed by atoms with Gasteiger partial charge in [0, 0.05) is 19.3 Å². The van der Waals surface area contributed by atoms with E-state index in [-0.39, 0.29) is 10.6 Å². The zero-order chi connectivity index (χ0) is 13.1. The molecule has 0 spiro atoms. The van der Waals surface area contributed by atoms with Crippen LogP contribution in [0, 0.1) is 0 Å². The van der Waals surface area contributed by atoms with Crippen molar-refractivity contribution < 1.29 is 8.42 Å². The summed E-state index contributed by atoms with van der Waals surface area (Å²) in [6.07, 6.45) is 1.02. The minimum Gasteiger partial charge on any atom is -0.398 e. The molecule has 3 N–H and O–H groups in total. The summed E-state index contributed by atoms with van der Waals surface area (Å²) < 4.78 is 25.5. The van der Waals surface area contributed by atoms with Crippen LogP contribution in [-0.4, -0.2) is 29.1 Å². The average molecular weight is 257 g/mol. The van der Waals surface area contributed by atoms with E-state index in [0.29, 0.717) is 0 Å². The first-order valence-electron chi connectivity index (χ1n) is 5.46. The number of nitrogen functional groups attached to an aromatic ring is 1. The second-order valence-electron chi connectivity index (χ2n) is 3.85. The van der Waals surface area contributed by atoms with Crippen LogP contribution in [0.15, 0.2) is 23.1 Å². The lowest BCUT2D eigenvalue weighted by Gasteiger charge is -2.19. The van der Waals surface area contributed by atoms with E-state index in [1.807, 2.05) is 11.9 Å². The number of rotatable bonds is 5. The van der Waals surface area contributed by atoms with E-state index in [1.54, 1.807) is 12.1 Å². The fraction of sp³-hybridized carbons (Fsp3) is 0.455. The Bertz CT molecular complexity index is 485. The number of sulfonamides is 1. The highest BCUT2D eigenvalue weighted by molar-refractivity contribution is 7.89. The third kappa shape index (κ3) is 3.10. The van der Waals surface area contributed by atoms with Crippen LogP contribution in [0.25, 0.3) is 0 Å². The van der Waals surface area contributed by atoms with E-state index < -0.39 is 10.0 Å². The number of benzene rings is 1. The minimum atomic E-state index is -3.48. The molecule has 0 atom stereocenters. The number of nitrogens with one attached hydrogen (secondary N) is 1. The zero-order valence-corrected chi connectivity index (χ0v) is 11.2. The first kappa shape index (κ1) is 13.8. The van der Waals surface area contributed by atoms with Crippen LogP contribution in [0.5, 0.6) is 0 Å². The molecule has 0 fully saturated rings. The lowest BCUT2D eigenvalue weighted by Crippen LogP contribution is -2.21. The van der Waals surface area contributed by atoms with Crippen molar-refractivity contribution in [1.82, 2.24) is 4.72 Å². The molecule has 0 aliphatic heterocycles. The maximum absolute atomic E-state index is 11.6. The molecule has 17 heavy (non-hydrogen) atoms. The summed E-state index contributed by atoms with van der Waals surface area (Å²) in [6.45, 7) is 2.98. The molecule has 0 bridgehead atoms. The predicted octanol–water partition coefficient (Wildman–Crippen LogP) is 1.02. The quantitative estimate of drug-likeness (QED) is 0.772. The van der Waals surface area contributed by atoms with Crippen molar-refractivity contribution in [3.05, 3.63) is 18.2 Å². The van der Waals surface area contributed by atoms with Crippen molar-refractivity contribution in [2.45, 2.75) is 18.2 Å². The van der Waals surface area contributed by atoms with Crippen molar-refractivity contribution >= 4 is 21.4 Å². The van der Waals surface area contributed by atoms with Gasteiger partial charge >= 0.3 is 0 Å². The molecule has 96 valence electrons. The van der Waals surface area contributed by atoms with Crippen LogP contribution in [0.3, 0.4) is 0 Å². The van der Waals surface area contributed by atoms with Gasteiger partial charge < -0.3 is 10.6 Å². The van der Waals surface area contributed by atoms with Crippen molar-refractivity contribution in [2.75, 3.05) is 31.3 Å². The van der Waals surface area contributed by atoms with Crippen LogP contribution >= 0.6 is 0 Å². The smallest absolute Gasteiger partial charge is 0.242 e. The summed E-state index contributed by atoms with van der Waals surface area (Å²) in [5, 5.41) is 0. The van der Waals surface area contributed by atoms with Crippen molar-refractivity contribution in [1.29, 1.82) is 0 Å². The Kier molecular flexibility index (Phi) is 4.36. The van der Waals surface area contributed by atoms with E-state index in [2.05, 4.69) is 11.6 Å². The summed E-state index contributed by atoms with van der Waals surface area (Å²) in [7, 11) is -0.161. The molecule has 0 saturated heterocycles. The number of anilines is 2. The molecule has 0 unspecified atom stereocenters. The highest BCUT2D eigenvalue weighted by atomic mass is 32.2. The second kappa shape index (κ2) is 5.37. The third-order valence-corrected chi connectivity index (χ3v) is 4.04. The van der Waals surface area contributed by atoms with Gasteiger partial charge in [-0.15, -0.1) is 0 Å². The number of nitrogens with zero attached hydrogens (tertiary/aromatic N) is 1. The maximum atomic E-state index is 11.6. The summed E-state index contributed by atoms with van der Waals surface area (Å²) in [4.78, 5) is 2.15. The molecule has 0 saturated carbocycles. The van der Waals surface area contributed by atoms with Crippen molar-refractivity contribution in [3.8, 4) is 0 Å². The molecule has 1 rings (SSSR count). The fourth-order valence-corrected chi connectivity index (χ4v) is 2.43. The van der Waals surface area contributed by atoms with Crippen LogP contribution in [-0.2, 0) is 10.0 Å². The Labute approximate surface area is 103 Å². The molecule has 1 aromatic carbocycles. The van der Waals surface area contributed by atoms with Gasteiger partial charge in [0.2, 0.25) is 10.0 Å². The Morgan fingerprint density at radius 2 is 2.06 bits per heavy atom. The maximum Gasteiger partial charge on any atom is 0.242 e. The van der Waals surface area contributed by atoms with Gasteiger partial charge in [0.25, 0.3) is 0 Å². The summed E-state index contributed by atoms with van der Waals surface area (Å²) in [5.74, 6) is 0. The Morgan fingerprint density at radius 1 is 1.41 bits per heavy atom. The number of nitrogens with two attached hydrogens (primary N) is 1. The van der Waals surface area contributed by atoms with Crippen LogP contribution in [0.2, 0.25) is 0 Å². The van der Waals surface area contributed by atoms with E-state index >= 15 is 0 Å². The SMILES string of the molecule is CCCN(C)c1ccc(S(=O)(=O)NC)c(N)c1. The van der Waals surface area contributed by atoms with Crippen LogP contribution in [0.4, 0.5) is 11.4 Å². The third-order valence-electron chi connectivity index (χ3n) is 2.55. The standard InChI is InChI=1S/C11H19N3O2S/c1-4-7-14(3)9-5-6-11(10(12)8-9)17(15,16)13-2/h5-6,8,13H,4,7,12H2,1-3H3. The first-order chi connectivity index (χ1) is 7.92. The normalized spacial score (nSPS) is 11.5. The molecule has 1 aromatic rings. The van der Waals surface area contributed by atoms with Gasteiger partial charge in [-0.1, -0.05) is 6.92 Å². The van der Waals surface area contributed by atoms with Gasteiger partial charge in [-0.05, 0) is 31.7 Å². The van der Waals surface area contributed by atoms with E-state index in [4.69, 9.17) is 5.73 Å². The molecule has 0 aliphatic rings. The van der Waals surface area contributed by atoms with Crippen LogP contribution < -0.4 is 15.4 Å².